The zero-order valence-corrected chi connectivity index (χ0v) is 9.06. The largest absolute Gasteiger partial charge is 0.435 e. The van der Waals surface area contributed by atoms with Gasteiger partial charge < -0.3 is 0 Å². The van der Waals surface area contributed by atoms with Crippen molar-refractivity contribution in [3.63, 3.8) is 0 Å². The van der Waals surface area contributed by atoms with Gasteiger partial charge >= 0.3 is 11.0 Å². The summed E-state index contributed by atoms with van der Waals surface area (Å²) in [5.41, 5.74) is 0. The van der Waals surface area contributed by atoms with Crippen LogP contribution in [0.25, 0.3) is 0 Å². The van der Waals surface area contributed by atoms with Crippen molar-refractivity contribution in [1.29, 1.82) is 0 Å². The van der Waals surface area contributed by atoms with Crippen molar-refractivity contribution in [2.24, 2.45) is 0 Å². The molecular formula is C3Cl5F5. The van der Waals surface area contributed by atoms with E-state index in [0.717, 1.165) is 0 Å². The van der Waals surface area contributed by atoms with E-state index >= 15 is 0 Å². The van der Waals surface area contributed by atoms with E-state index in [4.69, 9.17) is 0 Å². The van der Waals surface area contributed by atoms with Crippen LogP contribution in [-0.2, 0) is 0 Å². The molecule has 0 N–H and O–H groups in total. The maximum atomic E-state index is 11.2. The summed E-state index contributed by atoms with van der Waals surface area (Å²) in [5.74, 6) is 0. The number of hydrogen-bond acceptors (Lipinski definition) is 0. The van der Waals surface area contributed by atoms with Crippen molar-refractivity contribution >= 4 is 58.0 Å². The first-order chi connectivity index (χ1) is 5.25. The molecule has 0 unspecified atom stereocenters. The molecule has 0 heterocycles. The van der Waals surface area contributed by atoms with E-state index in [-0.39, 0.29) is 0 Å². The van der Waals surface area contributed by atoms with Gasteiger partial charge in [0, 0.05) is 0 Å². The van der Waals surface area contributed by atoms with Crippen LogP contribution < -0.4 is 0 Å². The van der Waals surface area contributed by atoms with Crippen LogP contribution in [0.4, 0.5) is 22.0 Å². The normalized spacial score (nSPS) is 13.4. The van der Waals surface area contributed by atoms with E-state index in [1.807, 2.05) is 0 Å². The summed E-state index contributed by atoms with van der Waals surface area (Å²) >= 11 is 21.2. The molecule has 0 nitrogen and oxygen atoms in total. The second-order valence-corrected chi connectivity index (χ2v) is 4.85. The molecule has 0 radical (unpaired) electrons. The second kappa shape index (κ2) is 5.26. The lowest BCUT2D eigenvalue weighted by molar-refractivity contribution is -0.124. The molecule has 0 rings (SSSR count). The molecule has 0 amide bonds. The summed E-state index contributed by atoms with van der Waals surface area (Å²) in [5, 5.41) is 0. The van der Waals surface area contributed by atoms with Crippen LogP contribution in [0.15, 0.2) is 0 Å². The van der Waals surface area contributed by atoms with Gasteiger partial charge in [-0.2, -0.15) is 22.0 Å². The Morgan fingerprint density at radius 3 is 0.692 bits per heavy atom. The zero-order valence-electron chi connectivity index (χ0n) is 5.28. The highest BCUT2D eigenvalue weighted by Gasteiger charge is 2.51. The molecule has 82 valence electrons. The minimum atomic E-state index is -4.77. The predicted octanol–water partition coefficient (Wildman–Crippen LogP) is 4.93. The van der Waals surface area contributed by atoms with Crippen LogP contribution in [0.5, 0.6) is 0 Å². The highest BCUT2D eigenvalue weighted by Crippen LogP contribution is 2.42. The van der Waals surface area contributed by atoms with Gasteiger partial charge in [-0.15, -0.1) is 0 Å². The van der Waals surface area contributed by atoms with Crippen molar-refractivity contribution in [2.75, 3.05) is 0 Å². The third-order valence-corrected chi connectivity index (χ3v) is 0.964. The van der Waals surface area contributed by atoms with Gasteiger partial charge in [-0.3, -0.25) is 0 Å². The van der Waals surface area contributed by atoms with Gasteiger partial charge in [0.15, 0.2) is 0 Å². The molecule has 0 aromatic heterocycles. The first-order valence-corrected chi connectivity index (χ1v) is 4.03. The lowest BCUT2D eigenvalue weighted by atomic mass is 10.8. The summed E-state index contributed by atoms with van der Waals surface area (Å²) in [6.45, 7) is 0. The number of hydrogen-bond donors (Lipinski definition) is 0. The predicted molar refractivity (Wildman–Crippen MR) is 43.0 cm³/mol. The van der Waals surface area contributed by atoms with E-state index in [1.165, 1.54) is 0 Å². The van der Waals surface area contributed by atoms with Crippen LogP contribution in [0.3, 0.4) is 0 Å². The van der Waals surface area contributed by atoms with E-state index < -0.39 is 14.8 Å². The molecule has 0 bridgehead atoms. The Hall–Kier alpha value is 1.10. The maximum Gasteiger partial charge on any atom is 0.435 e. The second-order valence-electron chi connectivity index (χ2n) is 1.42. The maximum absolute atomic E-state index is 11.2. The zero-order chi connectivity index (χ0) is 11.5. The van der Waals surface area contributed by atoms with Crippen molar-refractivity contribution < 1.29 is 22.0 Å². The molecule has 13 heavy (non-hydrogen) atoms. The van der Waals surface area contributed by atoms with Gasteiger partial charge in [0.1, 0.15) is 0 Å². The smallest absolute Gasteiger partial charge is 0.172 e. The van der Waals surface area contributed by atoms with Crippen LogP contribution in [0.1, 0.15) is 0 Å². The van der Waals surface area contributed by atoms with E-state index in [2.05, 4.69) is 58.0 Å². The lowest BCUT2D eigenvalue weighted by Crippen LogP contribution is -2.27. The number of alkyl halides is 10. The minimum Gasteiger partial charge on any atom is -0.172 e. The molecular weight excluding hydrogens is 308 g/mol. The average molecular weight is 308 g/mol. The Labute approximate surface area is 94.8 Å². The molecule has 0 atom stereocenters. The molecule has 0 aliphatic rings. The SMILES string of the molecule is FC(F)(Cl)Cl.FC(F)(F)C(Cl)(Cl)Cl. The van der Waals surface area contributed by atoms with Gasteiger partial charge in [-0.1, -0.05) is 34.8 Å². The third-order valence-electron chi connectivity index (χ3n) is 0.321. The minimum absolute atomic E-state index is 3.15. The summed E-state index contributed by atoms with van der Waals surface area (Å²) in [6.07, 6.45) is -4.77. The van der Waals surface area contributed by atoms with Crippen molar-refractivity contribution in [2.45, 2.75) is 14.8 Å². The van der Waals surface area contributed by atoms with Crippen LogP contribution in [0.2, 0.25) is 0 Å². The number of halogens is 10. The quantitative estimate of drug-likeness (QED) is 0.439. The molecule has 0 saturated heterocycles. The van der Waals surface area contributed by atoms with Crippen molar-refractivity contribution in [3.05, 3.63) is 0 Å². The highest BCUT2D eigenvalue weighted by molar-refractivity contribution is 6.68. The molecule has 0 aliphatic carbocycles. The molecule has 10 heteroatoms. The molecule has 0 spiro atoms. The average Bonchev–Trinajstić information content (AvgIpc) is 1.50. The van der Waals surface area contributed by atoms with Crippen LogP contribution in [0, 0.1) is 0 Å². The van der Waals surface area contributed by atoms with Crippen LogP contribution in [-0.4, -0.2) is 14.8 Å². The Bertz CT molecular complexity index is 124. The molecule has 0 aliphatic heterocycles. The standard InChI is InChI=1S/C2Cl3F3.CCl2F2/c3-1(4,5)2(6,7)8;2-1(3,4)5. The Kier molecular flexibility index (Phi) is 6.68. The summed E-state index contributed by atoms with van der Waals surface area (Å²) in [4.78, 5) is -3.56. The van der Waals surface area contributed by atoms with Gasteiger partial charge in [-0.25, -0.2) is 0 Å². The topological polar surface area (TPSA) is 0 Å². The van der Waals surface area contributed by atoms with E-state index in [0.29, 0.717) is 0 Å². The Morgan fingerprint density at radius 1 is 0.615 bits per heavy atom. The summed E-state index contributed by atoms with van der Waals surface area (Å²) in [6, 6.07) is 0. The lowest BCUT2D eigenvalue weighted by Gasteiger charge is -2.13. The summed E-state index contributed by atoms with van der Waals surface area (Å²) < 4.78 is 51.5. The summed E-state index contributed by atoms with van der Waals surface area (Å²) in [7, 11) is 0. The fraction of sp³-hybridized carbons (Fsp3) is 1.00. The number of rotatable bonds is 0. The Morgan fingerprint density at radius 2 is 0.692 bits per heavy atom. The molecule has 0 fully saturated rings. The first kappa shape index (κ1) is 16.5. The van der Waals surface area contributed by atoms with Gasteiger partial charge in [0.25, 0.3) is 3.79 Å². The highest BCUT2D eigenvalue weighted by atomic mass is 35.6. The van der Waals surface area contributed by atoms with E-state index in [9.17, 15) is 22.0 Å². The molecule has 0 aromatic carbocycles. The molecule has 0 aromatic rings. The van der Waals surface area contributed by atoms with Crippen LogP contribution >= 0.6 is 58.0 Å². The first-order valence-electron chi connectivity index (χ1n) is 2.14. The van der Waals surface area contributed by atoms with Gasteiger partial charge in [-0.05, 0) is 23.2 Å². The van der Waals surface area contributed by atoms with Gasteiger partial charge in [0.2, 0.25) is 0 Å². The Balaban J connectivity index is 0. The van der Waals surface area contributed by atoms with Crippen molar-refractivity contribution in [1.82, 2.24) is 0 Å². The van der Waals surface area contributed by atoms with E-state index in [1.54, 1.807) is 0 Å². The van der Waals surface area contributed by atoms with Crippen molar-refractivity contribution in [3.8, 4) is 0 Å². The fourth-order valence-corrected chi connectivity index (χ4v) is 0. The third kappa shape index (κ3) is 15.8. The monoisotopic (exact) mass is 306 g/mol. The van der Waals surface area contributed by atoms with Gasteiger partial charge in [0.05, 0.1) is 0 Å². The molecule has 0 saturated carbocycles. The fourth-order valence-electron chi connectivity index (χ4n) is 0.